The van der Waals surface area contributed by atoms with Gasteiger partial charge in [0.15, 0.2) is 0 Å². The molecule has 4 nitrogen and oxygen atoms in total. The molecule has 2 aliphatic rings. The van der Waals surface area contributed by atoms with Gasteiger partial charge in [0.2, 0.25) is 5.95 Å². The number of aryl methyl sites for hydroxylation is 1. The van der Waals surface area contributed by atoms with E-state index in [9.17, 15) is 0 Å². The van der Waals surface area contributed by atoms with E-state index in [2.05, 4.69) is 35.1 Å². The third-order valence-corrected chi connectivity index (χ3v) is 4.05. The van der Waals surface area contributed by atoms with Gasteiger partial charge in [0.25, 0.3) is 0 Å². The van der Waals surface area contributed by atoms with E-state index in [1.54, 1.807) is 0 Å². The highest BCUT2D eigenvalue weighted by atomic mass is 15.2. The van der Waals surface area contributed by atoms with Gasteiger partial charge in [-0.25, -0.2) is 4.98 Å². The SMILES string of the molecule is CCCNc1nc(C)cc(N(CC2CC2)CC2CC2)n1. The summed E-state index contributed by atoms with van der Waals surface area (Å²) in [6, 6.07) is 2.14. The van der Waals surface area contributed by atoms with Crippen LogP contribution < -0.4 is 10.2 Å². The van der Waals surface area contributed by atoms with Crippen LogP contribution in [0, 0.1) is 18.8 Å². The van der Waals surface area contributed by atoms with Gasteiger partial charge in [-0.1, -0.05) is 6.92 Å². The van der Waals surface area contributed by atoms with Crippen LogP contribution >= 0.6 is 0 Å². The van der Waals surface area contributed by atoms with Gasteiger partial charge in [0, 0.05) is 31.4 Å². The fourth-order valence-electron chi connectivity index (χ4n) is 2.52. The number of aromatic nitrogens is 2. The van der Waals surface area contributed by atoms with Gasteiger partial charge in [-0.3, -0.25) is 0 Å². The Kier molecular flexibility index (Phi) is 4.08. The van der Waals surface area contributed by atoms with Crippen molar-refractivity contribution in [2.75, 3.05) is 29.9 Å². The van der Waals surface area contributed by atoms with Crippen molar-refractivity contribution >= 4 is 11.8 Å². The molecule has 0 unspecified atom stereocenters. The number of hydrogen-bond donors (Lipinski definition) is 1. The first-order chi connectivity index (χ1) is 9.74. The lowest BCUT2D eigenvalue weighted by Gasteiger charge is -2.24. The second kappa shape index (κ2) is 5.98. The van der Waals surface area contributed by atoms with E-state index in [1.807, 2.05) is 0 Å². The number of anilines is 2. The molecule has 4 heteroatoms. The molecule has 3 rings (SSSR count). The second-order valence-electron chi connectivity index (χ2n) is 6.41. The summed E-state index contributed by atoms with van der Waals surface area (Å²) in [6.07, 6.45) is 6.68. The van der Waals surface area contributed by atoms with Crippen LogP contribution in [0.5, 0.6) is 0 Å². The van der Waals surface area contributed by atoms with Gasteiger partial charge in [-0.15, -0.1) is 0 Å². The maximum atomic E-state index is 4.74. The molecule has 0 aromatic carbocycles. The van der Waals surface area contributed by atoms with Crippen molar-refractivity contribution < 1.29 is 0 Å². The van der Waals surface area contributed by atoms with Gasteiger partial charge in [0.05, 0.1) is 0 Å². The Labute approximate surface area is 122 Å². The van der Waals surface area contributed by atoms with E-state index in [-0.39, 0.29) is 0 Å². The van der Waals surface area contributed by atoms with Crippen LogP contribution in [-0.2, 0) is 0 Å². The zero-order chi connectivity index (χ0) is 13.9. The highest BCUT2D eigenvalue weighted by Gasteiger charge is 2.30. The first-order valence-corrected chi connectivity index (χ1v) is 8.09. The van der Waals surface area contributed by atoms with Gasteiger partial charge in [0.1, 0.15) is 5.82 Å². The standard InChI is InChI=1S/C16H26N4/c1-3-8-17-16-18-12(2)9-15(19-16)20(10-13-4-5-13)11-14-6-7-14/h9,13-14H,3-8,10-11H2,1-2H3,(H,17,18,19). The Balaban J connectivity index is 1.74. The van der Waals surface area contributed by atoms with E-state index in [1.165, 1.54) is 38.8 Å². The Hall–Kier alpha value is -1.32. The third-order valence-electron chi connectivity index (χ3n) is 4.05. The number of nitrogens with one attached hydrogen (secondary N) is 1. The molecule has 0 bridgehead atoms. The zero-order valence-electron chi connectivity index (χ0n) is 12.7. The minimum absolute atomic E-state index is 0.790. The van der Waals surface area contributed by atoms with Crippen molar-refractivity contribution in [3.63, 3.8) is 0 Å². The summed E-state index contributed by atoms with van der Waals surface area (Å²) in [5, 5.41) is 3.32. The molecule has 2 fully saturated rings. The number of rotatable bonds is 8. The maximum absolute atomic E-state index is 4.74. The quantitative estimate of drug-likeness (QED) is 0.790. The minimum Gasteiger partial charge on any atom is -0.356 e. The molecule has 1 aromatic heterocycles. The highest BCUT2D eigenvalue weighted by molar-refractivity contribution is 5.45. The molecule has 2 saturated carbocycles. The third kappa shape index (κ3) is 3.84. The predicted octanol–water partition coefficient (Wildman–Crippen LogP) is 3.23. The van der Waals surface area contributed by atoms with Crippen molar-refractivity contribution in [3.05, 3.63) is 11.8 Å². The van der Waals surface area contributed by atoms with Gasteiger partial charge in [-0.2, -0.15) is 4.98 Å². The molecule has 1 aromatic rings. The first-order valence-electron chi connectivity index (χ1n) is 8.09. The average Bonchev–Trinajstić information content (AvgIpc) is 3.30. The van der Waals surface area contributed by atoms with Crippen molar-refractivity contribution in [3.8, 4) is 0 Å². The Morgan fingerprint density at radius 3 is 2.35 bits per heavy atom. The van der Waals surface area contributed by atoms with E-state index in [4.69, 9.17) is 4.98 Å². The fourth-order valence-corrected chi connectivity index (χ4v) is 2.52. The fraction of sp³-hybridized carbons (Fsp3) is 0.750. The summed E-state index contributed by atoms with van der Waals surface area (Å²) in [5.41, 5.74) is 1.06. The van der Waals surface area contributed by atoms with Gasteiger partial charge < -0.3 is 10.2 Å². The molecular weight excluding hydrogens is 248 g/mol. The smallest absolute Gasteiger partial charge is 0.224 e. The monoisotopic (exact) mass is 274 g/mol. The summed E-state index contributed by atoms with van der Waals surface area (Å²) >= 11 is 0. The molecule has 0 saturated heterocycles. The predicted molar refractivity (Wildman–Crippen MR) is 83.2 cm³/mol. The van der Waals surface area contributed by atoms with Crippen LogP contribution in [0.1, 0.15) is 44.7 Å². The number of nitrogens with zero attached hydrogens (tertiary/aromatic N) is 3. The van der Waals surface area contributed by atoms with Gasteiger partial charge in [-0.05, 0) is 50.9 Å². The summed E-state index contributed by atoms with van der Waals surface area (Å²) < 4.78 is 0. The Bertz CT molecular complexity index is 438. The molecule has 0 spiro atoms. The van der Waals surface area contributed by atoms with Crippen LogP contribution in [0.4, 0.5) is 11.8 Å². The summed E-state index contributed by atoms with van der Waals surface area (Å²) in [6.45, 7) is 7.53. The van der Waals surface area contributed by atoms with E-state index >= 15 is 0 Å². The topological polar surface area (TPSA) is 41.1 Å². The van der Waals surface area contributed by atoms with E-state index in [0.717, 1.165) is 42.3 Å². The summed E-state index contributed by atoms with van der Waals surface area (Å²) in [4.78, 5) is 11.7. The van der Waals surface area contributed by atoms with E-state index < -0.39 is 0 Å². The lowest BCUT2D eigenvalue weighted by Crippen LogP contribution is -2.29. The van der Waals surface area contributed by atoms with Crippen LogP contribution in [0.2, 0.25) is 0 Å². The van der Waals surface area contributed by atoms with Crippen LogP contribution in [0.15, 0.2) is 6.07 Å². The molecule has 0 atom stereocenters. The molecule has 2 aliphatic carbocycles. The first kappa shape index (κ1) is 13.7. The Morgan fingerprint density at radius 2 is 1.80 bits per heavy atom. The zero-order valence-corrected chi connectivity index (χ0v) is 12.7. The molecular formula is C16H26N4. The Morgan fingerprint density at radius 1 is 1.15 bits per heavy atom. The lowest BCUT2D eigenvalue weighted by atomic mass is 10.3. The highest BCUT2D eigenvalue weighted by Crippen LogP contribution is 2.35. The minimum atomic E-state index is 0.790. The largest absolute Gasteiger partial charge is 0.356 e. The summed E-state index contributed by atoms with van der Waals surface area (Å²) in [7, 11) is 0. The van der Waals surface area contributed by atoms with Crippen LogP contribution in [-0.4, -0.2) is 29.6 Å². The molecule has 0 amide bonds. The van der Waals surface area contributed by atoms with Crippen molar-refractivity contribution in [1.29, 1.82) is 0 Å². The second-order valence-corrected chi connectivity index (χ2v) is 6.41. The maximum Gasteiger partial charge on any atom is 0.224 e. The molecule has 110 valence electrons. The molecule has 0 radical (unpaired) electrons. The van der Waals surface area contributed by atoms with Crippen molar-refractivity contribution in [1.82, 2.24) is 9.97 Å². The summed E-state index contributed by atoms with van der Waals surface area (Å²) in [5.74, 6) is 3.71. The van der Waals surface area contributed by atoms with Crippen LogP contribution in [0.25, 0.3) is 0 Å². The van der Waals surface area contributed by atoms with Crippen LogP contribution in [0.3, 0.4) is 0 Å². The van der Waals surface area contributed by atoms with Crippen molar-refractivity contribution in [2.45, 2.75) is 46.0 Å². The lowest BCUT2D eigenvalue weighted by molar-refractivity contribution is 0.670. The molecule has 20 heavy (non-hydrogen) atoms. The molecule has 1 N–H and O–H groups in total. The molecule has 0 aliphatic heterocycles. The van der Waals surface area contributed by atoms with Gasteiger partial charge >= 0.3 is 0 Å². The van der Waals surface area contributed by atoms with Crippen molar-refractivity contribution in [2.24, 2.45) is 11.8 Å². The number of hydrogen-bond acceptors (Lipinski definition) is 4. The van der Waals surface area contributed by atoms with E-state index in [0.29, 0.717) is 0 Å². The average molecular weight is 274 g/mol. The molecule has 1 heterocycles. The normalized spacial score (nSPS) is 18.1.